The number of sulfonamides is 1. The van der Waals surface area contributed by atoms with E-state index in [1.807, 2.05) is 0 Å². The van der Waals surface area contributed by atoms with Crippen LogP contribution in [0.2, 0.25) is 10.0 Å². The maximum Gasteiger partial charge on any atom is 0.243 e. The summed E-state index contributed by atoms with van der Waals surface area (Å²) in [6.45, 7) is 1.52. The van der Waals surface area contributed by atoms with Gasteiger partial charge in [-0.1, -0.05) is 30.1 Å². The predicted octanol–water partition coefficient (Wildman–Crippen LogP) is 4.17. The van der Waals surface area contributed by atoms with Crippen molar-refractivity contribution in [1.29, 1.82) is 0 Å². The number of rotatable bonds is 7. The van der Waals surface area contributed by atoms with Crippen molar-refractivity contribution in [2.24, 2.45) is 0 Å². The van der Waals surface area contributed by atoms with Crippen LogP contribution in [0.5, 0.6) is 0 Å². The number of nitrogens with one attached hydrogen (secondary N) is 1. The molecule has 0 saturated heterocycles. The Morgan fingerprint density at radius 3 is 2.42 bits per heavy atom. The van der Waals surface area contributed by atoms with Gasteiger partial charge in [-0.25, -0.2) is 12.8 Å². The molecule has 0 aliphatic carbocycles. The van der Waals surface area contributed by atoms with Gasteiger partial charge >= 0.3 is 0 Å². The third-order valence-electron chi connectivity index (χ3n) is 3.45. The Balaban J connectivity index is 2.20. The molecule has 2 aromatic rings. The van der Waals surface area contributed by atoms with Gasteiger partial charge < -0.3 is 5.32 Å². The highest BCUT2D eigenvalue weighted by Gasteiger charge is 2.26. The molecule has 0 saturated carbocycles. The van der Waals surface area contributed by atoms with Crippen LogP contribution >= 0.6 is 23.2 Å². The summed E-state index contributed by atoms with van der Waals surface area (Å²) in [4.78, 5) is 12.2. The summed E-state index contributed by atoms with van der Waals surface area (Å²) in [5.74, 6) is -1.10. The van der Waals surface area contributed by atoms with Gasteiger partial charge in [-0.2, -0.15) is 4.31 Å². The highest BCUT2D eigenvalue weighted by molar-refractivity contribution is 7.89. The quantitative estimate of drug-likeness (QED) is 0.733. The summed E-state index contributed by atoms with van der Waals surface area (Å²) in [6.07, 6.45) is 0.506. The van der Waals surface area contributed by atoms with Gasteiger partial charge in [-0.05, 0) is 48.9 Å². The van der Waals surface area contributed by atoms with Crippen LogP contribution in [0.1, 0.15) is 13.3 Å². The standard InChI is InChI=1S/C17H17Cl2FN2O3S/c1-2-9-22(26(24,25)14-6-4-13(20)5-7-14)11-17(23)21-16-10-12(18)3-8-15(16)19/h3-8,10H,2,9,11H2,1H3,(H,21,23). The van der Waals surface area contributed by atoms with Crippen LogP contribution in [0.15, 0.2) is 47.4 Å². The van der Waals surface area contributed by atoms with Gasteiger partial charge in [0.15, 0.2) is 0 Å². The monoisotopic (exact) mass is 418 g/mol. The van der Waals surface area contributed by atoms with Gasteiger partial charge in [0.1, 0.15) is 5.82 Å². The Kier molecular flexibility index (Phi) is 7.00. The van der Waals surface area contributed by atoms with Gasteiger partial charge in [0.2, 0.25) is 15.9 Å². The zero-order valence-electron chi connectivity index (χ0n) is 13.9. The molecular weight excluding hydrogens is 402 g/mol. The Hall–Kier alpha value is -1.67. The van der Waals surface area contributed by atoms with E-state index in [-0.39, 0.29) is 16.5 Å². The summed E-state index contributed by atoms with van der Waals surface area (Å²) in [6, 6.07) is 9.02. The zero-order valence-corrected chi connectivity index (χ0v) is 16.2. The van der Waals surface area contributed by atoms with Crippen molar-refractivity contribution in [2.45, 2.75) is 18.2 Å². The van der Waals surface area contributed by atoms with Crippen LogP contribution in [-0.2, 0) is 14.8 Å². The highest BCUT2D eigenvalue weighted by Crippen LogP contribution is 2.25. The Labute approximate surface area is 161 Å². The molecule has 0 aliphatic heterocycles. The SMILES string of the molecule is CCCN(CC(=O)Nc1cc(Cl)ccc1Cl)S(=O)(=O)c1ccc(F)cc1. The Bertz CT molecular complexity index is 889. The minimum absolute atomic E-state index is 0.0825. The van der Waals surface area contributed by atoms with E-state index in [1.54, 1.807) is 13.0 Å². The van der Waals surface area contributed by atoms with E-state index in [0.29, 0.717) is 17.1 Å². The smallest absolute Gasteiger partial charge is 0.243 e. The summed E-state index contributed by atoms with van der Waals surface area (Å²) < 4.78 is 39.5. The van der Waals surface area contributed by atoms with Crippen molar-refractivity contribution in [3.05, 3.63) is 58.3 Å². The fourth-order valence-electron chi connectivity index (χ4n) is 2.23. The number of hydrogen-bond donors (Lipinski definition) is 1. The van der Waals surface area contributed by atoms with E-state index in [4.69, 9.17) is 23.2 Å². The fourth-order valence-corrected chi connectivity index (χ4v) is 4.06. The normalized spacial score (nSPS) is 11.6. The molecule has 0 fully saturated rings. The number of anilines is 1. The number of hydrogen-bond acceptors (Lipinski definition) is 3. The second-order valence-corrected chi connectivity index (χ2v) is 8.25. The van der Waals surface area contributed by atoms with Crippen LogP contribution in [0.3, 0.4) is 0 Å². The summed E-state index contributed by atoms with van der Waals surface area (Å²) in [5, 5.41) is 3.22. The maximum atomic E-state index is 13.1. The predicted molar refractivity (Wildman–Crippen MR) is 101 cm³/mol. The molecule has 0 heterocycles. The lowest BCUT2D eigenvalue weighted by Crippen LogP contribution is -2.38. The van der Waals surface area contributed by atoms with E-state index >= 15 is 0 Å². The molecule has 0 unspecified atom stereocenters. The van der Waals surface area contributed by atoms with Gasteiger partial charge in [0, 0.05) is 11.6 Å². The van der Waals surface area contributed by atoms with Crippen molar-refractivity contribution < 1.29 is 17.6 Å². The average Bonchev–Trinajstić information content (AvgIpc) is 2.58. The molecule has 26 heavy (non-hydrogen) atoms. The van der Waals surface area contributed by atoms with Crippen LogP contribution in [-0.4, -0.2) is 31.7 Å². The molecule has 0 aromatic heterocycles. The second kappa shape index (κ2) is 8.81. The molecule has 1 amide bonds. The molecule has 0 atom stereocenters. The molecule has 1 N–H and O–H groups in total. The lowest BCUT2D eigenvalue weighted by Gasteiger charge is -2.21. The van der Waals surface area contributed by atoms with Crippen molar-refractivity contribution in [1.82, 2.24) is 4.31 Å². The van der Waals surface area contributed by atoms with Gasteiger partial charge in [0.05, 0.1) is 22.2 Å². The first kappa shape index (κ1) is 20.6. The fraction of sp³-hybridized carbons (Fsp3) is 0.235. The van der Waals surface area contributed by atoms with Crippen LogP contribution < -0.4 is 5.32 Å². The number of benzene rings is 2. The van der Waals surface area contributed by atoms with E-state index in [1.165, 1.54) is 24.3 Å². The third-order valence-corrected chi connectivity index (χ3v) is 5.87. The molecule has 0 spiro atoms. The molecule has 9 heteroatoms. The van der Waals surface area contributed by atoms with Gasteiger partial charge in [0.25, 0.3) is 0 Å². The number of carbonyl (C=O) groups excluding carboxylic acids is 1. The molecule has 0 aliphatic rings. The lowest BCUT2D eigenvalue weighted by atomic mass is 10.3. The van der Waals surface area contributed by atoms with Crippen LogP contribution in [0, 0.1) is 5.82 Å². The zero-order chi connectivity index (χ0) is 19.3. The Morgan fingerprint density at radius 1 is 1.15 bits per heavy atom. The van der Waals surface area contributed by atoms with E-state index < -0.39 is 28.3 Å². The summed E-state index contributed by atoms with van der Waals surface area (Å²) in [5.41, 5.74) is 0.291. The first-order valence-corrected chi connectivity index (χ1v) is 9.94. The summed E-state index contributed by atoms with van der Waals surface area (Å²) in [7, 11) is -3.94. The van der Waals surface area contributed by atoms with E-state index in [2.05, 4.69) is 5.32 Å². The number of carbonyl (C=O) groups is 1. The lowest BCUT2D eigenvalue weighted by molar-refractivity contribution is -0.116. The Morgan fingerprint density at radius 2 is 1.81 bits per heavy atom. The number of nitrogens with zero attached hydrogens (tertiary/aromatic N) is 1. The first-order chi connectivity index (χ1) is 12.2. The molecule has 0 bridgehead atoms. The number of halogens is 3. The van der Waals surface area contributed by atoms with Gasteiger partial charge in [-0.15, -0.1) is 0 Å². The van der Waals surface area contributed by atoms with Crippen LogP contribution in [0.25, 0.3) is 0 Å². The topological polar surface area (TPSA) is 66.5 Å². The van der Waals surface area contributed by atoms with Gasteiger partial charge in [-0.3, -0.25) is 4.79 Å². The minimum atomic E-state index is -3.94. The molecule has 0 radical (unpaired) electrons. The molecular formula is C17H17Cl2FN2O3S. The largest absolute Gasteiger partial charge is 0.324 e. The van der Waals surface area contributed by atoms with Crippen molar-refractivity contribution in [2.75, 3.05) is 18.4 Å². The molecule has 140 valence electrons. The van der Waals surface area contributed by atoms with E-state index in [9.17, 15) is 17.6 Å². The minimum Gasteiger partial charge on any atom is -0.324 e. The highest BCUT2D eigenvalue weighted by atomic mass is 35.5. The molecule has 2 rings (SSSR count). The second-order valence-electron chi connectivity index (χ2n) is 5.46. The van der Waals surface area contributed by atoms with Crippen LogP contribution in [0.4, 0.5) is 10.1 Å². The van der Waals surface area contributed by atoms with Crippen molar-refractivity contribution in [3.8, 4) is 0 Å². The average molecular weight is 419 g/mol. The van der Waals surface area contributed by atoms with Crippen molar-refractivity contribution in [3.63, 3.8) is 0 Å². The summed E-state index contributed by atoms with van der Waals surface area (Å²) >= 11 is 11.9. The number of amides is 1. The first-order valence-electron chi connectivity index (χ1n) is 7.74. The molecule has 2 aromatic carbocycles. The van der Waals surface area contributed by atoms with E-state index in [0.717, 1.165) is 16.4 Å². The third kappa shape index (κ3) is 5.17. The van der Waals surface area contributed by atoms with Crippen molar-refractivity contribution >= 4 is 44.8 Å². The maximum absolute atomic E-state index is 13.1. The molecule has 5 nitrogen and oxygen atoms in total.